The zero-order chi connectivity index (χ0) is 11.2. The molecule has 82 valence electrons. The Morgan fingerprint density at radius 3 is 2.14 bits per heavy atom. The fraction of sp³-hybridized carbons (Fsp3) is 0.692. The van der Waals surface area contributed by atoms with Crippen LogP contribution in [0, 0.1) is 5.41 Å². The molecule has 0 spiro atoms. The van der Waals surface area contributed by atoms with E-state index in [4.69, 9.17) is 0 Å². The maximum Gasteiger partial charge on any atom is 0.0160 e. The molecule has 0 unspecified atom stereocenters. The van der Waals surface area contributed by atoms with E-state index in [1.807, 2.05) is 0 Å². The molecule has 0 bridgehead atoms. The topological polar surface area (TPSA) is 3.24 Å². The molecule has 0 aliphatic heterocycles. The number of hydrogen-bond acceptors (Lipinski definition) is 1. The lowest BCUT2D eigenvalue weighted by Gasteiger charge is -2.21. The van der Waals surface area contributed by atoms with Crippen molar-refractivity contribution in [3.05, 3.63) is 23.8 Å². The van der Waals surface area contributed by atoms with E-state index in [1.54, 1.807) is 0 Å². The molecular weight excluding hydrogens is 170 g/mol. The molecule has 0 aromatic heterocycles. The summed E-state index contributed by atoms with van der Waals surface area (Å²) in [6, 6.07) is 0. The first-order valence-corrected chi connectivity index (χ1v) is 5.38. The van der Waals surface area contributed by atoms with E-state index in [9.17, 15) is 0 Å². The second-order valence-electron chi connectivity index (χ2n) is 4.99. The van der Waals surface area contributed by atoms with E-state index in [0.29, 0.717) is 5.41 Å². The molecule has 1 heteroatoms. The summed E-state index contributed by atoms with van der Waals surface area (Å²) in [6.45, 7) is 10.0. The van der Waals surface area contributed by atoms with Crippen LogP contribution < -0.4 is 0 Å². The molecule has 0 aliphatic rings. The minimum absolute atomic E-state index is 0.303. The van der Waals surface area contributed by atoms with Crippen LogP contribution in [0.2, 0.25) is 0 Å². The number of hydrogen-bond donors (Lipinski definition) is 0. The first kappa shape index (κ1) is 13.4. The molecule has 0 aromatic rings. The lowest BCUT2D eigenvalue weighted by molar-refractivity contribution is 0.456. The zero-order valence-electron chi connectivity index (χ0n) is 10.6. The average molecular weight is 195 g/mol. The van der Waals surface area contributed by atoms with Gasteiger partial charge in [-0.15, -0.1) is 0 Å². The molecule has 0 saturated heterocycles. The maximum absolute atomic E-state index is 2.27. The average Bonchev–Trinajstić information content (AvgIpc) is 2.01. The third-order valence-electron chi connectivity index (χ3n) is 2.25. The lowest BCUT2D eigenvalue weighted by atomic mass is 9.84. The van der Waals surface area contributed by atoms with Gasteiger partial charge in [-0.2, -0.15) is 0 Å². The van der Waals surface area contributed by atoms with Crippen molar-refractivity contribution in [2.75, 3.05) is 20.6 Å². The summed E-state index contributed by atoms with van der Waals surface area (Å²) in [7, 11) is 4.16. The van der Waals surface area contributed by atoms with Crippen LogP contribution in [-0.4, -0.2) is 25.5 Å². The van der Waals surface area contributed by atoms with Crippen LogP contribution in [0.5, 0.6) is 0 Å². The summed E-state index contributed by atoms with van der Waals surface area (Å²) in [4.78, 5) is 2.16. The Kier molecular flexibility index (Phi) is 5.78. The summed E-state index contributed by atoms with van der Waals surface area (Å²) in [5.41, 5.74) is 1.81. The molecule has 0 atom stereocenters. The summed E-state index contributed by atoms with van der Waals surface area (Å²) in [6.07, 6.45) is 7.75. The highest BCUT2D eigenvalue weighted by atomic mass is 15.0. The molecular formula is C13H25N. The Labute approximate surface area is 89.5 Å². The third kappa shape index (κ3) is 5.98. The van der Waals surface area contributed by atoms with Gasteiger partial charge in [0, 0.05) is 6.54 Å². The van der Waals surface area contributed by atoms with Gasteiger partial charge in [0.2, 0.25) is 0 Å². The van der Waals surface area contributed by atoms with E-state index < -0.39 is 0 Å². The Morgan fingerprint density at radius 1 is 1.21 bits per heavy atom. The van der Waals surface area contributed by atoms with Crippen molar-refractivity contribution in [1.82, 2.24) is 4.90 Å². The molecule has 0 saturated carbocycles. The van der Waals surface area contributed by atoms with Crippen LogP contribution >= 0.6 is 0 Å². The molecule has 0 fully saturated rings. The highest BCUT2D eigenvalue weighted by molar-refractivity contribution is 5.17. The zero-order valence-corrected chi connectivity index (χ0v) is 10.6. The van der Waals surface area contributed by atoms with E-state index >= 15 is 0 Å². The quantitative estimate of drug-likeness (QED) is 0.621. The normalized spacial score (nSPS) is 14.4. The van der Waals surface area contributed by atoms with Gasteiger partial charge in [-0.3, -0.25) is 0 Å². The van der Waals surface area contributed by atoms with E-state index in [-0.39, 0.29) is 0 Å². The van der Waals surface area contributed by atoms with Crippen molar-refractivity contribution < 1.29 is 0 Å². The summed E-state index contributed by atoms with van der Waals surface area (Å²) in [5, 5.41) is 0. The Bertz CT molecular complexity index is 204. The standard InChI is InChI=1S/C13H25N/c1-7-12(13(2,3)4)10-8-9-11-14(5)6/h8-10H,7,11H2,1-6H3/b9-8-,12-10+. The molecule has 14 heavy (non-hydrogen) atoms. The molecule has 0 aromatic carbocycles. The van der Waals surface area contributed by atoms with Crippen molar-refractivity contribution in [1.29, 1.82) is 0 Å². The van der Waals surface area contributed by atoms with Crippen molar-refractivity contribution in [2.24, 2.45) is 5.41 Å². The number of nitrogens with zero attached hydrogens (tertiary/aromatic N) is 1. The van der Waals surface area contributed by atoms with Crippen molar-refractivity contribution in [2.45, 2.75) is 34.1 Å². The molecule has 0 radical (unpaired) electrons. The van der Waals surface area contributed by atoms with Gasteiger partial charge in [-0.1, -0.05) is 51.5 Å². The van der Waals surface area contributed by atoms with Gasteiger partial charge < -0.3 is 4.90 Å². The number of likely N-dealkylation sites (N-methyl/N-ethyl adjacent to an activating group) is 1. The summed E-state index contributed by atoms with van der Waals surface area (Å²) >= 11 is 0. The van der Waals surface area contributed by atoms with Gasteiger partial charge in [-0.25, -0.2) is 0 Å². The molecule has 0 heterocycles. The van der Waals surface area contributed by atoms with Gasteiger partial charge in [-0.05, 0) is 25.9 Å². The fourth-order valence-corrected chi connectivity index (χ4v) is 1.35. The predicted molar refractivity (Wildman–Crippen MR) is 65.5 cm³/mol. The van der Waals surface area contributed by atoms with Gasteiger partial charge in [0.05, 0.1) is 0 Å². The highest BCUT2D eigenvalue weighted by Gasteiger charge is 2.13. The SMILES string of the molecule is CC/C(=C\C=C/CN(C)C)C(C)(C)C. The first-order chi connectivity index (χ1) is 6.38. The van der Waals surface area contributed by atoms with Crippen molar-refractivity contribution >= 4 is 0 Å². The monoisotopic (exact) mass is 195 g/mol. The van der Waals surface area contributed by atoms with Crippen LogP contribution in [0.4, 0.5) is 0 Å². The van der Waals surface area contributed by atoms with Crippen LogP contribution in [0.15, 0.2) is 23.8 Å². The van der Waals surface area contributed by atoms with E-state index in [1.165, 1.54) is 5.57 Å². The second kappa shape index (κ2) is 6.02. The Balaban J connectivity index is 4.26. The Morgan fingerprint density at radius 2 is 1.79 bits per heavy atom. The molecule has 0 amide bonds. The minimum atomic E-state index is 0.303. The third-order valence-corrected chi connectivity index (χ3v) is 2.25. The van der Waals surface area contributed by atoms with Crippen LogP contribution in [-0.2, 0) is 0 Å². The molecule has 0 rings (SSSR count). The summed E-state index contributed by atoms with van der Waals surface area (Å²) < 4.78 is 0. The molecule has 1 nitrogen and oxygen atoms in total. The van der Waals surface area contributed by atoms with Gasteiger partial charge in [0.1, 0.15) is 0 Å². The number of rotatable bonds is 4. The molecule has 0 N–H and O–H groups in total. The molecule has 0 aliphatic carbocycles. The largest absolute Gasteiger partial charge is 0.306 e. The highest BCUT2D eigenvalue weighted by Crippen LogP contribution is 2.27. The van der Waals surface area contributed by atoms with E-state index in [2.05, 4.69) is 64.9 Å². The first-order valence-electron chi connectivity index (χ1n) is 5.38. The van der Waals surface area contributed by atoms with Gasteiger partial charge in [0.15, 0.2) is 0 Å². The van der Waals surface area contributed by atoms with Crippen molar-refractivity contribution in [3.63, 3.8) is 0 Å². The fourth-order valence-electron chi connectivity index (χ4n) is 1.35. The maximum atomic E-state index is 2.27. The predicted octanol–water partition coefficient (Wildman–Crippen LogP) is 3.49. The van der Waals surface area contributed by atoms with Crippen LogP contribution in [0.25, 0.3) is 0 Å². The van der Waals surface area contributed by atoms with Crippen molar-refractivity contribution in [3.8, 4) is 0 Å². The van der Waals surface area contributed by atoms with Gasteiger partial charge in [0.25, 0.3) is 0 Å². The lowest BCUT2D eigenvalue weighted by Crippen LogP contribution is -2.10. The second-order valence-corrected chi connectivity index (χ2v) is 4.99. The minimum Gasteiger partial charge on any atom is -0.306 e. The summed E-state index contributed by atoms with van der Waals surface area (Å²) in [5.74, 6) is 0. The number of allylic oxidation sites excluding steroid dienone is 3. The van der Waals surface area contributed by atoms with Crippen LogP contribution in [0.1, 0.15) is 34.1 Å². The Hall–Kier alpha value is -0.560. The smallest absolute Gasteiger partial charge is 0.0160 e. The van der Waals surface area contributed by atoms with Gasteiger partial charge >= 0.3 is 0 Å². The van der Waals surface area contributed by atoms with Crippen LogP contribution in [0.3, 0.4) is 0 Å². The van der Waals surface area contributed by atoms with E-state index in [0.717, 1.165) is 13.0 Å².